The summed E-state index contributed by atoms with van der Waals surface area (Å²) in [4.78, 5) is 16.0. The molecule has 1 atom stereocenters. The van der Waals surface area contributed by atoms with Crippen LogP contribution in [0.5, 0.6) is 0 Å². The van der Waals surface area contributed by atoms with E-state index in [0.29, 0.717) is 0 Å². The third-order valence-corrected chi connectivity index (χ3v) is 4.16. The number of benzene rings is 1. The molecule has 1 saturated heterocycles. The highest BCUT2D eigenvalue weighted by atomic mass is 16.5. The first-order chi connectivity index (χ1) is 10.6. The molecule has 1 aromatic heterocycles. The van der Waals surface area contributed by atoms with Gasteiger partial charge in [-0.1, -0.05) is 35.5 Å². The molecule has 3 rings (SSSR count). The Labute approximate surface area is 130 Å². The summed E-state index contributed by atoms with van der Waals surface area (Å²) >= 11 is 0. The Hall–Kier alpha value is -2.14. The molecular weight excluding hydrogens is 278 g/mol. The zero-order valence-corrected chi connectivity index (χ0v) is 13.0. The molecule has 0 N–H and O–H groups in total. The van der Waals surface area contributed by atoms with Crippen LogP contribution in [0.1, 0.15) is 30.0 Å². The summed E-state index contributed by atoms with van der Waals surface area (Å²) < 4.78 is 5.17. The largest absolute Gasteiger partial charge is 0.361 e. The molecule has 1 aromatic carbocycles. The van der Waals surface area contributed by atoms with Crippen LogP contribution in [0.3, 0.4) is 0 Å². The van der Waals surface area contributed by atoms with Crippen molar-refractivity contribution in [1.82, 2.24) is 15.0 Å². The monoisotopic (exact) mass is 299 g/mol. The van der Waals surface area contributed by atoms with Crippen molar-refractivity contribution < 1.29 is 9.32 Å². The van der Waals surface area contributed by atoms with Gasteiger partial charge in [0.15, 0.2) is 0 Å². The van der Waals surface area contributed by atoms with Gasteiger partial charge < -0.3 is 9.42 Å². The second kappa shape index (κ2) is 6.32. The molecule has 1 aliphatic heterocycles. The normalized spacial score (nSPS) is 19.4. The summed E-state index contributed by atoms with van der Waals surface area (Å²) in [7, 11) is 0. The van der Waals surface area contributed by atoms with Crippen molar-refractivity contribution >= 4 is 5.91 Å². The van der Waals surface area contributed by atoms with E-state index in [0.717, 1.165) is 37.6 Å². The molecule has 0 bridgehead atoms. The average molecular weight is 299 g/mol. The Balaban J connectivity index is 1.82. The summed E-state index contributed by atoms with van der Waals surface area (Å²) in [6, 6.07) is 12.5. The molecule has 1 unspecified atom stereocenters. The topological polar surface area (TPSA) is 49.6 Å². The fraction of sp³-hybridized carbons (Fsp3) is 0.412. The van der Waals surface area contributed by atoms with E-state index in [-0.39, 0.29) is 11.9 Å². The second-order valence-corrected chi connectivity index (χ2v) is 5.79. The first-order valence-corrected chi connectivity index (χ1v) is 7.60. The Morgan fingerprint density at radius 1 is 1.32 bits per heavy atom. The first kappa shape index (κ1) is 14.8. The summed E-state index contributed by atoms with van der Waals surface area (Å²) in [6.07, 6.45) is 0. The van der Waals surface area contributed by atoms with Gasteiger partial charge in [-0.25, -0.2) is 0 Å². The molecule has 2 heterocycles. The van der Waals surface area contributed by atoms with Gasteiger partial charge in [0.25, 0.3) is 0 Å². The van der Waals surface area contributed by atoms with E-state index >= 15 is 0 Å². The number of amides is 1. The maximum atomic E-state index is 11.7. The highest BCUT2D eigenvalue weighted by molar-refractivity contribution is 5.73. The zero-order valence-electron chi connectivity index (χ0n) is 13.0. The molecule has 5 heteroatoms. The van der Waals surface area contributed by atoms with E-state index in [1.807, 2.05) is 36.1 Å². The lowest BCUT2D eigenvalue weighted by atomic mass is 10.0. The molecule has 0 radical (unpaired) electrons. The molecule has 1 aliphatic rings. The minimum absolute atomic E-state index is 0.137. The summed E-state index contributed by atoms with van der Waals surface area (Å²) in [6.45, 7) is 6.59. The quantitative estimate of drug-likeness (QED) is 0.873. The molecule has 1 fully saturated rings. The first-order valence-electron chi connectivity index (χ1n) is 7.60. The molecule has 2 aromatic rings. The summed E-state index contributed by atoms with van der Waals surface area (Å²) in [5, 5.41) is 4.09. The van der Waals surface area contributed by atoms with Crippen molar-refractivity contribution in [3.05, 3.63) is 53.4 Å². The van der Waals surface area contributed by atoms with Crippen LogP contribution in [0, 0.1) is 6.92 Å². The lowest BCUT2D eigenvalue weighted by Crippen LogP contribution is -2.49. The summed E-state index contributed by atoms with van der Waals surface area (Å²) in [5.41, 5.74) is 2.17. The summed E-state index contributed by atoms with van der Waals surface area (Å²) in [5.74, 6) is 0.964. The molecule has 0 saturated carbocycles. The maximum absolute atomic E-state index is 11.7. The van der Waals surface area contributed by atoms with Gasteiger partial charge in [-0.3, -0.25) is 9.69 Å². The Morgan fingerprint density at radius 2 is 2.09 bits per heavy atom. The van der Waals surface area contributed by atoms with Gasteiger partial charge in [0.2, 0.25) is 5.91 Å². The number of piperazine rings is 1. The smallest absolute Gasteiger partial charge is 0.219 e. The van der Waals surface area contributed by atoms with E-state index in [1.54, 1.807) is 6.92 Å². The van der Waals surface area contributed by atoms with E-state index in [4.69, 9.17) is 4.52 Å². The predicted molar refractivity (Wildman–Crippen MR) is 83.1 cm³/mol. The van der Waals surface area contributed by atoms with Crippen LogP contribution in [0.2, 0.25) is 0 Å². The fourth-order valence-electron chi connectivity index (χ4n) is 2.99. The van der Waals surface area contributed by atoms with Crippen molar-refractivity contribution in [1.29, 1.82) is 0 Å². The van der Waals surface area contributed by atoms with Crippen LogP contribution < -0.4 is 0 Å². The van der Waals surface area contributed by atoms with E-state index in [2.05, 4.69) is 22.2 Å². The lowest BCUT2D eigenvalue weighted by Gasteiger charge is -2.41. The number of aromatic nitrogens is 1. The van der Waals surface area contributed by atoms with Crippen molar-refractivity contribution in [2.24, 2.45) is 0 Å². The number of aryl methyl sites for hydroxylation is 1. The molecule has 5 nitrogen and oxygen atoms in total. The van der Waals surface area contributed by atoms with Crippen molar-refractivity contribution in [3.8, 4) is 0 Å². The van der Waals surface area contributed by atoms with Crippen molar-refractivity contribution in [2.45, 2.75) is 26.4 Å². The van der Waals surface area contributed by atoms with Gasteiger partial charge in [-0.05, 0) is 12.5 Å². The van der Waals surface area contributed by atoms with Gasteiger partial charge >= 0.3 is 0 Å². The van der Waals surface area contributed by atoms with Gasteiger partial charge in [0.1, 0.15) is 5.76 Å². The Morgan fingerprint density at radius 3 is 2.73 bits per heavy atom. The van der Waals surface area contributed by atoms with Gasteiger partial charge in [-0.15, -0.1) is 0 Å². The molecule has 0 spiro atoms. The third kappa shape index (κ3) is 3.20. The van der Waals surface area contributed by atoms with Crippen LogP contribution in [-0.4, -0.2) is 40.5 Å². The van der Waals surface area contributed by atoms with E-state index in [9.17, 15) is 4.79 Å². The van der Waals surface area contributed by atoms with Gasteiger partial charge in [0, 0.05) is 39.2 Å². The van der Waals surface area contributed by atoms with E-state index in [1.165, 1.54) is 5.56 Å². The standard InChI is InChI=1S/C17H21N3O2/c1-13-10-16(18-22-13)11-20-9-8-19(14(2)21)12-17(20)15-6-4-3-5-7-15/h3-7,10,17H,8-9,11-12H2,1-2H3. The Bertz CT molecular complexity index is 638. The second-order valence-electron chi connectivity index (χ2n) is 5.79. The average Bonchev–Trinajstić information content (AvgIpc) is 2.93. The minimum Gasteiger partial charge on any atom is -0.361 e. The minimum atomic E-state index is 0.137. The van der Waals surface area contributed by atoms with E-state index < -0.39 is 0 Å². The zero-order chi connectivity index (χ0) is 15.5. The maximum Gasteiger partial charge on any atom is 0.219 e. The SMILES string of the molecule is CC(=O)N1CCN(Cc2cc(C)on2)C(c2ccccc2)C1. The van der Waals surface area contributed by atoms with Crippen LogP contribution in [-0.2, 0) is 11.3 Å². The van der Waals surface area contributed by atoms with Crippen LogP contribution >= 0.6 is 0 Å². The fourth-order valence-corrected chi connectivity index (χ4v) is 2.99. The number of rotatable bonds is 3. The van der Waals surface area contributed by atoms with Crippen LogP contribution in [0.15, 0.2) is 40.9 Å². The number of hydrogen-bond donors (Lipinski definition) is 0. The number of hydrogen-bond acceptors (Lipinski definition) is 4. The number of carbonyl (C=O) groups excluding carboxylic acids is 1. The molecule has 1 amide bonds. The van der Waals surface area contributed by atoms with Crippen molar-refractivity contribution in [2.75, 3.05) is 19.6 Å². The van der Waals surface area contributed by atoms with Gasteiger partial charge in [0.05, 0.1) is 11.7 Å². The lowest BCUT2D eigenvalue weighted by molar-refractivity contribution is -0.132. The highest BCUT2D eigenvalue weighted by Gasteiger charge is 2.29. The number of carbonyl (C=O) groups is 1. The molecular formula is C17H21N3O2. The van der Waals surface area contributed by atoms with Crippen molar-refractivity contribution in [3.63, 3.8) is 0 Å². The molecule has 116 valence electrons. The third-order valence-electron chi connectivity index (χ3n) is 4.16. The van der Waals surface area contributed by atoms with Gasteiger partial charge in [-0.2, -0.15) is 0 Å². The predicted octanol–water partition coefficient (Wildman–Crippen LogP) is 2.39. The molecule has 0 aliphatic carbocycles. The van der Waals surface area contributed by atoms with Crippen LogP contribution in [0.25, 0.3) is 0 Å². The highest BCUT2D eigenvalue weighted by Crippen LogP contribution is 2.27. The molecule has 22 heavy (non-hydrogen) atoms. The van der Waals surface area contributed by atoms with Crippen LogP contribution in [0.4, 0.5) is 0 Å². The Kier molecular flexibility index (Phi) is 4.24. The number of nitrogens with zero attached hydrogens (tertiary/aromatic N) is 3.